The van der Waals surface area contributed by atoms with Gasteiger partial charge in [0.25, 0.3) is 0 Å². The maximum absolute atomic E-state index is 11.1. The summed E-state index contributed by atoms with van der Waals surface area (Å²) >= 11 is 0. The van der Waals surface area contributed by atoms with Gasteiger partial charge < -0.3 is 0 Å². The van der Waals surface area contributed by atoms with Crippen molar-refractivity contribution in [3.05, 3.63) is 95.6 Å². The van der Waals surface area contributed by atoms with Crippen molar-refractivity contribution >= 4 is 18.4 Å². The zero-order valence-corrected chi connectivity index (χ0v) is 12.3. The minimum absolute atomic E-state index is 0.354. The van der Waals surface area contributed by atoms with Gasteiger partial charge in [-0.25, -0.2) is 0 Å². The van der Waals surface area contributed by atoms with Crippen LogP contribution in [0.2, 0.25) is 0 Å². The molecule has 1 aromatic carbocycles. The fourth-order valence-corrected chi connectivity index (χ4v) is 2.56. The van der Waals surface area contributed by atoms with E-state index in [0.29, 0.717) is 17.4 Å². The molecule has 0 bridgehead atoms. The zero-order chi connectivity index (χ0) is 15.2. The van der Waals surface area contributed by atoms with Crippen LogP contribution in [0.1, 0.15) is 21.5 Å². The van der Waals surface area contributed by atoms with Crippen LogP contribution < -0.4 is 0 Å². The number of carbonyl (C=O) groups excluding carboxylic acids is 1. The topological polar surface area (TPSA) is 17.1 Å². The molecule has 0 N–H and O–H groups in total. The lowest BCUT2D eigenvalue weighted by Crippen LogP contribution is -1.87. The molecule has 0 aromatic heterocycles. The van der Waals surface area contributed by atoms with Gasteiger partial charge >= 0.3 is 0 Å². The van der Waals surface area contributed by atoms with Crippen LogP contribution in [0.4, 0.5) is 0 Å². The molecule has 0 atom stereocenters. The fourth-order valence-electron chi connectivity index (χ4n) is 2.56. The minimum Gasteiger partial charge on any atom is -0.298 e. The number of aldehydes is 1. The number of allylic oxidation sites excluding steroid dienone is 10. The molecule has 0 radical (unpaired) electrons. The highest BCUT2D eigenvalue weighted by atomic mass is 16.1. The van der Waals surface area contributed by atoms with E-state index in [2.05, 4.69) is 54.7 Å². The van der Waals surface area contributed by atoms with Gasteiger partial charge in [0.05, 0.1) is 0 Å². The number of benzene rings is 1. The van der Waals surface area contributed by atoms with Gasteiger partial charge in [0.1, 0.15) is 6.29 Å². The van der Waals surface area contributed by atoms with Crippen LogP contribution in [0.25, 0.3) is 12.2 Å². The highest BCUT2D eigenvalue weighted by Gasteiger charge is 2.01. The number of hydrogen-bond donors (Lipinski definition) is 0. The van der Waals surface area contributed by atoms with E-state index >= 15 is 0 Å². The average molecular weight is 286 g/mol. The Morgan fingerprint density at radius 1 is 0.636 bits per heavy atom. The van der Waals surface area contributed by atoms with Gasteiger partial charge in [0, 0.05) is 17.4 Å². The summed E-state index contributed by atoms with van der Waals surface area (Å²) in [7, 11) is 0. The Labute approximate surface area is 131 Å². The molecular formula is C21H18O. The first-order chi connectivity index (χ1) is 10.8. The molecule has 108 valence electrons. The van der Waals surface area contributed by atoms with Gasteiger partial charge in [-0.05, 0) is 29.3 Å². The summed E-state index contributed by atoms with van der Waals surface area (Å²) in [5, 5.41) is 0. The predicted molar refractivity (Wildman–Crippen MR) is 93.4 cm³/mol. The van der Waals surface area contributed by atoms with Crippen molar-refractivity contribution in [2.75, 3.05) is 0 Å². The average Bonchev–Trinajstić information content (AvgIpc) is 3.24. The van der Waals surface area contributed by atoms with Gasteiger partial charge in [-0.1, -0.05) is 72.9 Å². The quantitative estimate of drug-likeness (QED) is 0.695. The van der Waals surface area contributed by atoms with Crippen LogP contribution in [0.3, 0.4) is 0 Å². The maximum atomic E-state index is 11.1. The smallest absolute Gasteiger partial charge is 0.150 e. The van der Waals surface area contributed by atoms with Crippen LogP contribution >= 0.6 is 0 Å². The van der Waals surface area contributed by atoms with Crippen LogP contribution in [0, 0.1) is 11.8 Å². The molecule has 0 saturated carbocycles. The number of rotatable bonds is 5. The summed E-state index contributed by atoms with van der Waals surface area (Å²) in [6.07, 6.45) is 26.1. The van der Waals surface area contributed by atoms with E-state index in [0.717, 1.165) is 17.4 Å². The Bertz CT molecular complexity index is 646. The lowest BCUT2D eigenvalue weighted by atomic mass is 10.0. The van der Waals surface area contributed by atoms with E-state index in [1.54, 1.807) is 0 Å². The van der Waals surface area contributed by atoms with Gasteiger partial charge in [-0.3, -0.25) is 4.79 Å². The normalized spacial score (nSPS) is 17.6. The highest BCUT2D eigenvalue weighted by Crippen LogP contribution is 2.18. The Morgan fingerprint density at radius 3 is 1.45 bits per heavy atom. The number of carbonyl (C=O) groups is 1. The first kappa shape index (κ1) is 14.3. The van der Waals surface area contributed by atoms with Crippen molar-refractivity contribution in [1.29, 1.82) is 0 Å². The Hall–Kier alpha value is -2.67. The van der Waals surface area contributed by atoms with Gasteiger partial charge in [-0.2, -0.15) is 0 Å². The molecule has 0 unspecified atom stereocenters. The molecule has 0 saturated heterocycles. The summed E-state index contributed by atoms with van der Waals surface area (Å²) in [6.45, 7) is 0. The van der Waals surface area contributed by atoms with Crippen LogP contribution in [-0.2, 0) is 0 Å². The molecule has 0 amide bonds. The Kier molecular flexibility index (Phi) is 4.45. The minimum atomic E-state index is 0.354. The molecule has 22 heavy (non-hydrogen) atoms. The van der Waals surface area contributed by atoms with Crippen LogP contribution in [-0.4, -0.2) is 6.29 Å². The largest absolute Gasteiger partial charge is 0.298 e. The van der Waals surface area contributed by atoms with Gasteiger partial charge in [0.2, 0.25) is 0 Å². The second-order valence-corrected chi connectivity index (χ2v) is 5.46. The molecule has 0 fully saturated rings. The summed E-state index contributed by atoms with van der Waals surface area (Å²) in [6, 6.07) is 5.93. The van der Waals surface area contributed by atoms with E-state index in [9.17, 15) is 4.79 Å². The first-order valence-corrected chi connectivity index (χ1v) is 7.50. The SMILES string of the molecule is O=Cc1cc(/C=C/C2C=CC=C2)cc(/C=C/C2C=CC=C2)c1. The molecule has 2 aliphatic rings. The highest BCUT2D eigenvalue weighted by molar-refractivity contribution is 5.78. The number of hydrogen-bond acceptors (Lipinski definition) is 1. The fraction of sp³-hybridized carbons (Fsp3) is 0.0952. The van der Waals surface area contributed by atoms with Crippen molar-refractivity contribution in [3.8, 4) is 0 Å². The summed E-state index contributed by atoms with van der Waals surface area (Å²) < 4.78 is 0. The molecule has 0 spiro atoms. The van der Waals surface area contributed by atoms with Crippen molar-refractivity contribution in [1.82, 2.24) is 0 Å². The van der Waals surface area contributed by atoms with Crippen molar-refractivity contribution in [2.24, 2.45) is 11.8 Å². The third-order valence-electron chi connectivity index (χ3n) is 3.71. The molecule has 3 rings (SSSR count). The third-order valence-corrected chi connectivity index (χ3v) is 3.71. The summed E-state index contributed by atoms with van der Waals surface area (Å²) in [4.78, 5) is 11.1. The molecular weight excluding hydrogens is 268 g/mol. The van der Waals surface area contributed by atoms with E-state index in [1.165, 1.54) is 0 Å². The summed E-state index contributed by atoms with van der Waals surface area (Å²) in [5.74, 6) is 0.709. The van der Waals surface area contributed by atoms with E-state index in [-0.39, 0.29) is 0 Å². The molecule has 0 heterocycles. The van der Waals surface area contributed by atoms with Crippen LogP contribution in [0.5, 0.6) is 0 Å². The van der Waals surface area contributed by atoms with E-state index < -0.39 is 0 Å². The molecule has 0 aliphatic heterocycles. The predicted octanol–water partition coefficient (Wildman–Crippen LogP) is 5.01. The lowest BCUT2D eigenvalue weighted by Gasteiger charge is -2.02. The molecule has 1 aromatic rings. The van der Waals surface area contributed by atoms with Crippen molar-refractivity contribution in [3.63, 3.8) is 0 Å². The standard InChI is InChI=1S/C21H18O/c22-16-21-14-19(11-9-17-5-1-2-6-17)13-20(15-21)12-10-18-7-3-4-8-18/h1-18H/b11-9+,12-10+. The first-order valence-electron chi connectivity index (χ1n) is 7.50. The second-order valence-electron chi connectivity index (χ2n) is 5.46. The molecule has 1 nitrogen and oxygen atoms in total. The Morgan fingerprint density at radius 2 is 1.05 bits per heavy atom. The maximum Gasteiger partial charge on any atom is 0.150 e. The monoisotopic (exact) mass is 286 g/mol. The molecule has 2 aliphatic carbocycles. The van der Waals surface area contributed by atoms with Crippen molar-refractivity contribution < 1.29 is 4.79 Å². The molecule has 1 heteroatoms. The van der Waals surface area contributed by atoms with Crippen molar-refractivity contribution in [2.45, 2.75) is 0 Å². The van der Waals surface area contributed by atoms with E-state index in [1.807, 2.05) is 36.4 Å². The second kappa shape index (κ2) is 6.86. The lowest BCUT2D eigenvalue weighted by molar-refractivity contribution is 0.112. The summed E-state index contributed by atoms with van der Waals surface area (Å²) in [5.41, 5.74) is 2.81. The van der Waals surface area contributed by atoms with Gasteiger partial charge in [-0.15, -0.1) is 0 Å². The Balaban J connectivity index is 1.80. The van der Waals surface area contributed by atoms with Crippen LogP contribution in [0.15, 0.2) is 79.0 Å². The van der Waals surface area contributed by atoms with E-state index in [4.69, 9.17) is 0 Å². The third kappa shape index (κ3) is 3.70. The zero-order valence-electron chi connectivity index (χ0n) is 12.3. The van der Waals surface area contributed by atoms with Gasteiger partial charge in [0.15, 0.2) is 0 Å².